The maximum absolute atomic E-state index is 13.2. The van der Waals surface area contributed by atoms with Gasteiger partial charge in [0.25, 0.3) is 0 Å². The van der Waals surface area contributed by atoms with Crippen molar-refractivity contribution in [1.82, 2.24) is 20.2 Å². The molecule has 3 rings (SSSR count). The zero-order valence-corrected chi connectivity index (χ0v) is 11.4. The van der Waals surface area contributed by atoms with E-state index in [0.29, 0.717) is 17.2 Å². The Morgan fingerprint density at radius 3 is 2.95 bits per heavy atom. The van der Waals surface area contributed by atoms with Crippen LogP contribution in [0.4, 0.5) is 15.9 Å². The van der Waals surface area contributed by atoms with Crippen molar-refractivity contribution in [3.8, 4) is 0 Å². The highest BCUT2D eigenvalue weighted by Gasteiger charge is 2.12. The van der Waals surface area contributed by atoms with Gasteiger partial charge in [0.05, 0.1) is 10.4 Å². The Balaban J connectivity index is 2.05. The number of hydrogen-bond acceptors (Lipinski definition) is 4. The molecule has 3 aromatic rings. The van der Waals surface area contributed by atoms with Crippen molar-refractivity contribution >= 4 is 34.1 Å². The second kappa shape index (κ2) is 5.05. The topological polar surface area (TPSA) is 66.5 Å². The van der Waals surface area contributed by atoms with E-state index in [1.807, 2.05) is 6.92 Å². The second-order valence-corrected chi connectivity index (χ2v) is 4.64. The maximum atomic E-state index is 13.2. The third-order valence-electron chi connectivity index (χ3n) is 2.96. The zero-order valence-electron chi connectivity index (χ0n) is 10.6. The quantitative estimate of drug-likeness (QED) is 0.775. The number of nitrogens with zero attached hydrogens (tertiary/aromatic N) is 3. The van der Waals surface area contributed by atoms with E-state index in [9.17, 15) is 4.39 Å². The minimum atomic E-state index is -0.456. The zero-order chi connectivity index (χ0) is 14.1. The van der Waals surface area contributed by atoms with Crippen molar-refractivity contribution in [2.45, 2.75) is 13.3 Å². The maximum Gasteiger partial charge on any atom is 0.186 e. The van der Waals surface area contributed by atoms with Crippen LogP contribution in [-0.2, 0) is 6.42 Å². The molecule has 5 nitrogen and oxygen atoms in total. The molecule has 0 saturated heterocycles. The molecule has 0 aliphatic heterocycles. The molecule has 0 aliphatic rings. The fourth-order valence-electron chi connectivity index (χ4n) is 1.98. The lowest BCUT2D eigenvalue weighted by atomic mass is 10.2. The van der Waals surface area contributed by atoms with Crippen LogP contribution in [0.2, 0.25) is 5.02 Å². The lowest BCUT2D eigenvalue weighted by Crippen LogP contribution is -1.97. The second-order valence-electron chi connectivity index (χ2n) is 4.23. The van der Waals surface area contributed by atoms with E-state index in [4.69, 9.17) is 11.6 Å². The summed E-state index contributed by atoms with van der Waals surface area (Å²) >= 11 is 5.77. The Morgan fingerprint density at radius 1 is 1.35 bits per heavy atom. The van der Waals surface area contributed by atoms with Gasteiger partial charge in [0, 0.05) is 11.4 Å². The number of benzene rings is 1. The minimum absolute atomic E-state index is 0.0585. The van der Waals surface area contributed by atoms with E-state index < -0.39 is 5.82 Å². The van der Waals surface area contributed by atoms with Gasteiger partial charge >= 0.3 is 0 Å². The fraction of sp³-hybridized carbons (Fsp3) is 0.154. The monoisotopic (exact) mass is 291 g/mol. The number of H-pyrrole nitrogens is 1. The van der Waals surface area contributed by atoms with Gasteiger partial charge in [-0.25, -0.2) is 14.4 Å². The summed E-state index contributed by atoms with van der Waals surface area (Å²) in [5.74, 6) is 0.158. The van der Waals surface area contributed by atoms with Gasteiger partial charge in [-0.2, -0.15) is 5.10 Å². The molecule has 0 amide bonds. The summed E-state index contributed by atoms with van der Waals surface area (Å²) in [6.07, 6.45) is 2.21. The molecule has 0 spiro atoms. The van der Waals surface area contributed by atoms with E-state index in [2.05, 4.69) is 25.5 Å². The summed E-state index contributed by atoms with van der Waals surface area (Å²) < 4.78 is 13.2. The molecule has 0 radical (unpaired) electrons. The molecule has 20 heavy (non-hydrogen) atoms. The van der Waals surface area contributed by atoms with Gasteiger partial charge in [0.2, 0.25) is 0 Å². The van der Waals surface area contributed by atoms with Crippen LogP contribution in [0.15, 0.2) is 24.5 Å². The molecule has 102 valence electrons. The number of halogens is 2. The number of hydrogen-bond donors (Lipinski definition) is 2. The summed E-state index contributed by atoms with van der Waals surface area (Å²) in [7, 11) is 0. The average Bonchev–Trinajstić information content (AvgIpc) is 2.87. The lowest BCUT2D eigenvalue weighted by molar-refractivity contribution is 0.628. The molecule has 0 saturated carbocycles. The van der Waals surface area contributed by atoms with Crippen LogP contribution in [0.5, 0.6) is 0 Å². The Kier molecular flexibility index (Phi) is 3.23. The largest absolute Gasteiger partial charge is 0.339 e. The third-order valence-corrected chi connectivity index (χ3v) is 3.25. The van der Waals surface area contributed by atoms with E-state index in [1.165, 1.54) is 18.5 Å². The first-order chi connectivity index (χ1) is 9.69. The standard InChI is InChI=1S/C13H11ClFN5/c1-2-10-11-12(16-6-17-13(11)20-19-10)18-7-3-4-9(15)8(14)5-7/h3-6H,2H2,1H3,(H2,16,17,18,19,20). The summed E-state index contributed by atoms with van der Waals surface area (Å²) in [5, 5.41) is 11.1. The van der Waals surface area contributed by atoms with Crippen LogP contribution < -0.4 is 5.32 Å². The molecular weight excluding hydrogens is 281 g/mol. The number of nitrogens with one attached hydrogen (secondary N) is 2. The van der Waals surface area contributed by atoms with Crippen molar-refractivity contribution < 1.29 is 4.39 Å². The molecule has 2 N–H and O–H groups in total. The molecule has 1 aromatic carbocycles. The van der Waals surface area contributed by atoms with Crippen molar-refractivity contribution in [2.75, 3.05) is 5.32 Å². The van der Waals surface area contributed by atoms with Gasteiger partial charge in [-0.05, 0) is 24.6 Å². The highest BCUT2D eigenvalue weighted by molar-refractivity contribution is 6.31. The van der Waals surface area contributed by atoms with Gasteiger partial charge in [-0.3, -0.25) is 5.10 Å². The van der Waals surface area contributed by atoms with Crippen LogP contribution in [0, 0.1) is 5.82 Å². The fourth-order valence-corrected chi connectivity index (χ4v) is 2.16. The number of fused-ring (bicyclic) bond motifs is 1. The first-order valence-electron chi connectivity index (χ1n) is 6.09. The predicted octanol–water partition coefficient (Wildman–Crippen LogP) is 3.45. The lowest BCUT2D eigenvalue weighted by Gasteiger charge is -2.07. The Morgan fingerprint density at radius 2 is 2.20 bits per heavy atom. The van der Waals surface area contributed by atoms with E-state index >= 15 is 0 Å². The highest BCUT2D eigenvalue weighted by Crippen LogP contribution is 2.27. The van der Waals surface area contributed by atoms with Crippen molar-refractivity contribution in [2.24, 2.45) is 0 Å². The van der Waals surface area contributed by atoms with Gasteiger partial charge in [-0.15, -0.1) is 0 Å². The number of rotatable bonds is 3. The van der Waals surface area contributed by atoms with E-state index in [0.717, 1.165) is 17.5 Å². The molecule has 2 aromatic heterocycles. The number of anilines is 2. The summed E-state index contributed by atoms with van der Waals surface area (Å²) in [5.41, 5.74) is 2.18. The molecule has 2 heterocycles. The van der Waals surface area contributed by atoms with E-state index in [1.54, 1.807) is 6.07 Å². The number of aromatic amines is 1. The molecule has 0 bridgehead atoms. The molecule has 0 fully saturated rings. The first-order valence-corrected chi connectivity index (χ1v) is 6.47. The van der Waals surface area contributed by atoms with Crippen molar-refractivity contribution in [1.29, 1.82) is 0 Å². The highest BCUT2D eigenvalue weighted by atomic mass is 35.5. The normalized spacial score (nSPS) is 10.9. The van der Waals surface area contributed by atoms with Gasteiger partial charge < -0.3 is 5.32 Å². The van der Waals surface area contributed by atoms with Gasteiger partial charge in [0.1, 0.15) is 18.0 Å². The summed E-state index contributed by atoms with van der Waals surface area (Å²) in [4.78, 5) is 8.32. The minimum Gasteiger partial charge on any atom is -0.339 e. The average molecular weight is 292 g/mol. The number of aromatic nitrogens is 4. The van der Waals surface area contributed by atoms with Crippen LogP contribution >= 0.6 is 11.6 Å². The predicted molar refractivity (Wildman–Crippen MR) is 75.8 cm³/mol. The molecule has 0 aliphatic carbocycles. The van der Waals surface area contributed by atoms with Crippen LogP contribution in [0.3, 0.4) is 0 Å². The Bertz CT molecular complexity index is 771. The van der Waals surface area contributed by atoms with Crippen LogP contribution in [-0.4, -0.2) is 20.2 Å². The van der Waals surface area contributed by atoms with Crippen LogP contribution in [0.25, 0.3) is 11.0 Å². The Hall–Kier alpha value is -2.21. The van der Waals surface area contributed by atoms with E-state index in [-0.39, 0.29) is 5.02 Å². The first kappa shape index (κ1) is 12.8. The van der Waals surface area contributed by atoms with Crippen LogP contribution in [0.1, 0.15) is 12.6 Å². The third kappa shape index (κ3) is 2.18. The Labute approximate surface area is 119 Å². The summed E-state index contributed by atoms with van der Waals surface area (Å²) in [6.45, 7) is 2.01. The smallest absolute Gasteiger partial charge is 0.186 e. The van der Waals surface area contributed by atoms with Gasteiger partial charge in [0.15, 0.2) is 5.65 Å². The number of aryl methyl sites for hydroxylation is 1. The van der Waals surface area contributed by atoms with Crippen molar-refractivity contribution in [3.63, 3.8) is 0 Å². The molecule has 0 unspecified atom stereocenters. The van der Waals surface area contributed by atoms with Gasteiger partial charge in [-0.1, -0.05) is 18.5 Å². The van der Waals surface area contributed by atoms with Crippen molar-refractivity contribution in [3.05, 3.63) is 41.1 Å². The SMILES string of the molecule is CCc1[nH]nc2ncnc(Nc3ccc(F)c(Cl)c3)c12. The molecular formula is C13H11ClFN5. The summed E-state index contributed by atoms with van der Waals surface area (Å²) in [6, 6.07) is 4.41. The molecule has 7 heteroatoms. The molecule has 0 atom stereocenters.